The summed E-state index contributed by atoms with van der Waals surface area (Å²) in [6, 6.07) is 3.88. The molecule has 0 unspecified atom stereocenters. The van der Waals surface area contributed by atoms with Crippen LogP contribution in [0.4, 0.5) is 0 Å². The van der Waals surface area contributed by atoms with Crippen molar-refractivity contribution in [3.63, 3.8) is 0 Å². The predicted molar refractivity (Wildman–Crippen MR) is 70.4 cm³/mol. The van der Waals surface area contributed by atoms with Crippen molar-refractivity contribution in [2.45, 2.75) is 33.2 Å². The molecule has 5 nitrogen and oxygen atoms in total. The number of carbonyl (C=O) groups is 2. The van der Waals surface area contributed by atoms with Crippen LogP contribution in [-0.2, 0) is 25.6 Å². The van der Waals surface area contributed by atoms with Crippen LogP contribution >= 0.6 is 0 Å². The van der Waals surface area contributed by atoms with Crippen molar-refractivity contribution >= 4 is 11.9 Å². The zero-order valence-corrected chi connectivity index (χ0v) is 11.5. The molecule has 106 valence electrons. The first-order chi connectivity index (χ1) is 9.19. The Kier molecular flexibility index (Phi) is 6.71. The fourth-order valence-electron chi connectivity index (χ4n) is 1.81. The number of hydrogen-bond acceptors (Lipinski definition) is 4. The molecule has 0 aliphatic rings. The largest absolute Gasteiger partial charge is 0.465 e. The van der Waals surface area contributed by atoms with Crippen LogP contribution in [0.25, 0.3) is 0 Å². The minimum atomic E-state index is -0.810. The van der Waals surface area contributed by atoms with Crippen LogP contribution in [0.5, 0.6) is 0 Å². The fourth-order valence-corrected chi connectivity index (χ4v) is 1.81. The summed E-state index contributed by atoms with van der Waals surface area (Å²) in [5.41, 5.74) is 0. The Hall–Kier alpha value is -1.78. The Balaban J connectivity index is 2.48. The summed E-state index contributed by atoms with van der Waals surface area (Å²) in [5, 5.41) is 0. The molecule has 1 rings (SSSR count). The molecular formula is C14H21NO4. The number of esters is 2. The maximum absolute atomic E-state index is 11.7. The van der Waals surface area contributed by atoms with Crippen molar-refractivity contribution < 1.29 is 19.1 Å². The number of nitrogens with zero attached hydrogens (tertiary/aromatic N) is 1. The van der Waals surface area contributed by atoms with E-state index in [2.05, 4.69) is 0 Å². The molecule has 0 aliphatic carbocycles. The molecule has 0 N–H and O–H groups in total. The van der Waals surface area contributed by atoms with Crippen LogP contribution in [0.2, 0.25) is 0 Å². The van der Waals surface area contributed by atoms with Gasteiger partial charge in [-0.2, -0.15) is 0 Å². The molecule has 1 aromatic heterocycles. The molecule has 0 fully saturated rings. The topological polar surface area (TPSA) is 57.5 Å². The number of rotatable bonds is 8. The zero-order chi connectivity index (χ0) is 14.1. The average molecular weight is 267 g/mol. The van der Waals surface area contributed by atoms with E-state index in [0.29, 0.717) is 6.42 Å². The standard InChI is InChI=1S/C14H21NO4/c1-3-18-13(16)12(14(17)19-4-2)8-7-11-15-9-5-6-10-15/h5-6,9-10,12H,3-4,7-8,11H2,1-2H3. The van der Waals surface area contributed by atoms with Gasteiger partial charge in [-0.05, 0) is 38.8 Å². The van der Waals surface area contributed by atoms with Gasteiger partial charge in [0.1, 0.15) is 0 Å². The molecule has 1 heterocycles. The van der Waals surface area contributed by atoms with Gasteiger partial charge in [-0.1, -0.05) is 0 Å². The van der Waals surface area contributed by atoms with Crippen molar-refractivity contribution in [2.24, 2.45) is 5.92 Å². The number of aromatic nitrogens is 1. The molecule has 0 aromatic carbocycles. The first kappa shape index (κ1) is 15.3. The second kappa shape index (κ2) is 8.34. The molecule has 0 amide bonds. The molecule has 0 saturated carbocycles. The van der Waals surface area contributed by atoms with Gasteiger partial charge in [0.25, 0.3) is 0 Å². The Morgan fingerprint density at radius 1 is 1.05 bits per heavy atom. The highest BCUT2D eigenvalue weighted by atomic mass is 16.6. The van der Waals surface area contributed by atoms with E-state index < -0.39 is 17.9 Å². The lowest BCUT2D eigenvalue weighted by Crippen LogP contribution is -2.28. The number of aryl methyl sites for hydroxylation is 1. The van der Waals surface area contributed by atoms with Crippen LogP contribution in [0.15, 0.2) is 24.5 Å². The highest BCUT2D eigenvalue weighted by Gasteiger charge is 2.28. The van der Waals surface area contributed by atoms with E-state index in [-0.39, 0.29) is 13.2 Å². The smallest absolute Gasteiger partial charge is 0.320 e. The van der Waals surface area contributed by atoms with Crippen molar-refractivity contribution in [1.29, 1.82) is 0 Å². The van der Waals surface area contributed by atoms with E-state index in [1.54, 1.807) is 13.8 Å². The van der Waals surface area contributed by atoms with Crippen LogP contribution in [0, 0.1) is 5.92 Å². The summed E-state index contributed by atoms with van der Waals surface area (Å²) in [5.74, 6) is -1.79. The average Bonchev–Trinajstić information content (AvgIpc) is 2.88. The first-order valence-electron chi connectivity index (χ1n) is 6.63. The van der Waals surface area contributed by atoms with E-state index in [0.717, 1.165) is 13.0 Å². The Morgan fingerprint density at radius 2 is 1.58 bits per heavy atom. The lowest BCUT2D eigenvalue weighted by atomic mass is 10.0. The molecule has 1 aromatic rings. The van der Waals surface area contributed by atoms with Gasteiger partial charge in [-0.3, -0.25) is 9.59 Å². The van der Waals surface area contributed by atoms with Gasteiger partial charge in [-0.25, -0.2) is 0 Å². The molecule has 0 spiro atoms. The molecule has 19 heavy (non-hydrogen) atoms. The number of ether oxygens (including phenoxy) is 2. The molecule has 5 heteroatoms. The van der Waals surface area contributed by atoms with Crippen LogP contribution < -0.4 is 0 Å². The molecule has 0 aliphatic heterocycles. The van der Waals surface area contributed by atoms with Crippen LogP contribution in [0.3, 0.4) is 0 Å². The summed E-state index contributed by atoms with van der Waals surface area (Å²) in [4.78, 5) is 23.4. The van der Waals surface area contributed by atoms with Crippen molar-refractivity contribution in [2.75, 3.05) is 13.2 Å². The minimum Gasteiger partial charge on any atom is -0.465 e. The monoisotopic (exact) mass is 267 g/mol. The van der Waals surface area contributed by atoms with Gasteiger partial charge in [-0.15, -0.1) is 0 Å². The normalized spacial score (nSPS) is 10.5. The van der Waals surface area contributed by atoms with E-state index in [9.17, 15) is 9.59 Å². The van der Waals surface area contributed by atoms with Gasteiger partial charge >= 0.3 is 11.9 Å². The summed E-state index contributed by atoms with van der Waals surface area (Å²) >= 11 is 0. The van der Waals surface area contributed by atoms with Gasteiger partial charge in [0.15, 0.2) is 5.92 Å². The van der Waals surface area contributed by atoms with Crippen LogP contribution in [0.1, 0.15) is 26.7 Å². The maximum Gasteiger partial charge on any atom is 0.320 e. The fraction of sp³-hybridized carbons (Fsp3) is 0.571. The number of carbonyl (C=O) groups excluding carboxylic acids is 2. The lowest BCUT2D eigenvalue weighted by Gasteiger charge is -2.14. The number of hydrogen-bond donors (Lipinski definition) is 0. The highest BCUT2D eigenvalue weighted by molar-refractivity contribution is 5.94. The Bertz CT molecular complexity index is 368. The Labute approximate surface area is 113 Å². The van der Waals surface area contributed by atoms with Gasteiger partial charge in [0, 0.05) is 18.9 Å². The van der Waals surface area contributed by atoms with E-state index in [1.165, 1.54) is 0 Å². The highest BCUT2D eigenvalue weighted by Crippen LogP contribution is 2.12. The third-order valence-corrected chi connectivity index (χ3v) is 2.72. The minimum absolute atomic E-state index is 0.270. The van der Waals surface area contributed by atoms with E-state index in [1.807, 2.05) is 29.1 Å². The second-order valence-electron chi connectivity index (χ2n) is 4.12. The van der Waals surface area contributed by atoms with Crippen LogP contribution in [-0.4, -0.2) is 29.7 Å². The van der Waals surface area contributed by atoms with Crippen molar-refractivity contribution in [3.8, 4) is 0 Å². The zero-order valence-electron chi connectivity index (χ0n) is 11.5. The predicted octanol–water partition coefficient (Wildman–Crippen LogP) is 2.01. The quantitative estimate of drug-likeness (QED) is 0.534. The Morgan fingerprint density at radius 3 is 2.05 bits per heavy atom. The SMILES string of the molecule is CCOC(=O)C(CCCn1cccc1)C(=O)OCC. The molecule has 0 saturated heterocycles. The van der Waals surface area contributed by atoms with Crippen molar-refractivity contribution in [3.05, 3.63) is 24.5 Å². The van der Waals surface area contributed by atoms with Crippen molar-refractivity contribution in [1.82, 2.24) is 4.57 Å². The molecule has 0 radical (unpaired) electrons. The first-order valence-corrected chi connectivity index (χ1v) is 6.63. The summed E-state index contributed by atoms with van der Waals surface area (Å²) in [7, 11) is 0. The molecule has 0 bridgehead atoms. The van der Waals surface area contributed by atoms with E-state index in [4.69, 9.17) is 9.47 Å². The summed E-state index contributed by atoms with van der Waals surface area (Å²) in [6.45, 7) is 4.75. The van der Waals surface area contributed by atoms with E-state index >= 15 is 0 Å². The summed E-state index contributed by atoms with van der Waals surface area (Å²) in [6.07, 6.45) is 5.06. The van der Waals surface area contributed by atoms with Gasteiger partial charge in [0.05, 0.1) is 13.2 Å². The third-order valence-electron chi connectivity index (χ3n) is 2.72. The lowest BCUT2D eigenvalue weighted by molar-refractivity contribution is -0.162. The van der Waals surface area contributed by atoms with Gasteiger partial charge < -0.3 is 14.0 Å². The summed E-state index contributed by atoms with van der Waals surface area (Å²) < 4.78 is 11.8. The van der Waals surface area contributed by atoms with Gasteiger partial charge in [0.2, 0.25) is 0 Å². The second-order valence-corrected chi connectivity index (χ2v) is 4.12. The molecule has 0 atom stereocenters. The third kappa shape index (κ3) is 5.16. The maximum atomic E-state index is 11.7. The molecular weight excluding hydrogens is 246 g/mol.